The summed E-state index contributed by atoms with van der Waals surface area (Å²) in [5.41, 5.74) is 9.41. The van der Waals surface area contributed by atoms with Gasteiger partial charge in [-0.25, -0.2) is 9.97 Å². The molecular formula is C29H41ClN8S2. The Balaban J connectivity index is 0.000000185. The van der Waals surface area contributed by atoms with E-state index < -0.39 is 0 Å². The lowest BCUT2D eigenvalue weighted by Crippen LogP contribution is -2.47. The second kappa shape index (κ2) is 16.6. The van der Waals surface area contributed by atoms with Crippen molar-refractivity contribution < 1.29 is 0 Å². The molecule has 5 N–H and O–H groups in total. The molecule has 40 heavy (non-hydrogen) atoms. The van der Waals surface area contributed by atoms with Crippen molar-refractivity contribution >= 4 is 45.9 Å². The van der Waals surface area contributed by atoms with E-state index in [-0.39, 0.29) is 0 Å². The quantitative estimate of drug-likeness (QED) is 0.108. The third-order valence-electron chi connectivity index (χ3n) is 7.40. The Morgan fingerprint density at radius 3 is 2.45 bits per heavy atom. The highest BCUT2D eigenvalue weighted by Gasteiger charge is 2.24. The van der Waals surface area contributed by atoms with Crippen LogP contribution in [-0.2, 0) is 13.0 Å². The summed E-state index contributed by atoms with van der Waals surface area (Å²) in [5, 5.41) is 5.91. The van der Waals surface area contributed by atoms with Gasteiger partial charge in [0.2, 0.25) is 0 Å². The maximum Gasteiger partial charge on any atom is 0.169 e. The van der Waals surface area contributed by atoms with Crippen LogP contribution in [0.5, 0.6) is 0 Å². The van der Waals surface area contributed by atoms with Crippen LogP contribution in [0.15, 0.2) is 54.3 Å². The monoisotopic (exact) mass is 600 g/mol. The fourth-order valence-electron chi connectivity index (χ4n) is 5.06. The second-order valence-corrected chi connectivity index (χ2v) is 12.3. The molecule has 1 saturated carbocycles. The van der Waals surface area contributed by atoms with E-state index in [1.165, 1.54) is 37.8 Å². The van der Waals surface area contributed by atoms with Gasteiger partial charge in [0.1, 0.15) is 0 Å². The van der Waals surface area contributed by atoms with Crippen molar-refractivity contribution in [3.05, 3.63) is 71.3 Å². The number of halogens is 1. The highest BCUT2D eigenvalue weighted by Crippen LogP contribution is 2.26. The van der Waals surface area contributed by atoms with Crippen LogP contribution in [-0.4, -0.2) is 60.0 Å². The molecule has 1 aromatic carbocycles. The minimum atomic E-state index is 0.594. The Hall–Kier alpha value is -2.56. The number of nitrogens with two attached hydrogens (primary N) is 1. The molecule has 1 aliphatic heterocycles. The van der Waals surface area contributed by atoms with Crippen LogP contribution < -0.4 is 11.1 Å². The average molecular weight is 601 g/mol. The number of aromatic nitrogens is 4. The summed E-state index contributed by atoms with van der Waals surface area (Å²) in [4.78, 5) is 21.1. The van der Waals surface area contributed by atoms with Crippen LogP contribution in [0.1, 0.15) is 74.2 Å². The molecule has 8 nitrogen and oxygen atoms in total. The van der Waals surface area contributed by atoms with E-state index in [1.807, 2.05) is 36.7 Å². The van der Waals surface area contributed by atoms with Gasteiger partial charge in [-0.05, 0) is 68.4 Å². The Kier molecular flexibility index (Phi) is 12.6. The first-order valence-corrected chi connectivity index (χ1v) is 16.0. The zero-order valence-corrected chi connectivity index (χ0v) is 25.4. The molecule has 3 heterocycles. The van der Waals surface area contributed by atoms with E-state index in [4.69, 9.17) is 29.6 Å². The summed E-state index contributed by atoms with van der Waals surface area (Å²) in [7, 11) is 0. The number of piperidine rings is 1. The minimum Gasteiger partial charge on any atom is -0.379 e. The number of likely N-dealkylation sites (tertiary alicyclic amines) is 1. The fourth-order valence-corrected chi connectivity index (χ4v) is 6.19. The summed E-state index contributed by atoms with van der Waals surface area (Å²) in [6.07, 6.45) is 18.3. The molecule has 0 spiro atoms. The van der Waals surface area contributed by atoms with Gasteiger partial charge in [-0.3, -0.25) is 4.99 Å². The van der Waals surface area contributed by atoms with Crippen molar-refractivity contribution in [2.75, 3.05) is 18.8 Å². The van der Waals surface area contributed by atoms with Gasteiger partial charge in [0, 0.05) is 59.6 Å². The van der Waals surface area contributed by atoms with Gasteiger partial charge in [-0.2, -0.15) is 0 Å². The topological polar surface area (TPSA) is 111 Å². The standard InChI is InChI=1S/C15H24N4S.C14H17ClN4S/c20-15(18-13-4-2-1-3-5-13)19-8-6-12(7-9-19)14-10-16-11-17-14;15-12-5-3-11(4-6-12)8-18-14(16)20-7-1-2-13-9-17-10-19-13/h10-13H,1-9H2,(H,16,17)(H,18,20);3-6,9-10H,1-2,7-8H2,(H2,16,18)(H,17,19). The van der Waals surface area contributed by atoms with Crippen LogP contribution in [0, 0.1) is 0 Å². The molecule has 0 amide bonds. The van der Waals surface area contributed by atoms with E-state index in [0.717, 1.165) is 65.9 Å². The van der Waals surface area contributed by atoms with Gasteiger partial charge < -0.3 is 25.9 Å². The number of aliphatic imine (C=N–C) groups is 1. The van der Waals surface area contributed by atoms with Crippen molar-refractivity contribution in [1.29, 1.82) is 0 Å². The van der Waals surface area contributed by atoms with Gasteiger partial charge in [-0.15, -0.1) is 0 Å². The van der Waals surface area contributed by atoms with Gasteiger partial charge in [-0.1, -0.05) is 54.8 Å². The van der Waals surface area contributed by atoms with Crippen LogP contribution in [0.25, 0.3) is 0 Å². The number of nitrogens with one attached hydrogen (secondary N) is 3. The third-order valence-corrected chi connectivity index (χ3v) is 8.95. The van der Waals surface area contributed by atoms with Gasteiger partial charge >= 0.3 is 0 Å². The predicted octanol–water partition coefficient (Wildman–Crippen LogP) is 6.04. The van der Waals surface area contributed by atoms with Crippen molar-refractivity contribution in [3.8, 4) is 0 Å². The molecule has 216 valence electrons. The number of amidine groups is 1. The van der Waals surface area contributed by atoms with Crippen LogP contribution in [0.3, 0.4) is 0 Å². The number of aromatic amines is 2. The summed E-state index contributed by atoms with van der Waals surface area (Å²) >= 11 is 13.0. The SMILES string of the molecule is NC(=NCc1ccc(Cl)cc1)SCCCc1cnc[nH]1.S=C(NC1CCCCC1)N1CCC(c2cnc[nH]2)CC1. The van der Waals surface area contributed by atoms with Crippen molar-refractivity contribution in [1.82, 2.24) is 30.2 Å². The number of thiocarbonyl (C=S) groups is 1. The van der Waals surface area contributed by atoms with Crippen LogP contribution >= 0.6 is 35.6 Å². The Morgan fingerprint density at radius 1 is 1.05 bits per heavy atom. The minimum absolute atomic E-state index is 0.594. The molecule has 2 fully saturated rings. The molecule has 11 heteroatoms. The number of H-pyrrole nitrogens is 2. The first kappa shape index (κ1) is 30.4. The number of nitrogens with zero attached hydrogens (tertiary/aromatic N) is 4. The van der Waals surface area contributed by atoms with E-state index in [0.29, 0.717) is 23.7 Å². The number of rotatable bonds is 8. The first-order valence-electron chi connectivity index (χ1n) is 14.2. The lowest BCUT2D eigenvalue weighted by Gasteiger charge is -2.35. The number of benzene rings is 1. The lowest BCUT2D eigenvalue weighted by atomic mass is 9.94. The fraction of sp³-hybridized carbons (Fsp3) is 0.517. The normalized spacial score (nSPS) is 16.8. The van der Waals surface area contributed by atoms with Gasteiger partial charge in [0.15, 0.2) is 10.3 Å². The molecule has 5 rings (SSSR count). The molecule has 2 aromatic heterocycles. The molecular weight excluding hydrogens is 560 g/mol. The van der Waals surface area contributed by atoms with Gasteiger partial charge in [0.05, 0.1) is 19.2 Å². The number of aryl methyl sites for hydroxylation is 1. The Labute approximate surface area is 252 Å². The molecule has 0 bridgehead atoms. The number of hydrogen-bond donors (Lipinski definition) is 4. The summed E-state index contributed by atoms with van der Waals surface area (Å²) in [6, 6.07) is 8.26. The third kappa shape index (κ3) is 10.4. The zero-order chi connectivity index (χ0) is 28.0. The highest BCUT2D eigenvalue weighted by molar-refractivity contribution is 8.13. The van der Waals surface area contributed by atoms with Crippen molar-refractivity contribution in [2.24, 2.45) is 10.7 Å². The van der Waals surface area contributed by atoms with Crippen LogP contribution in [0.2, 0.25) is 5.02 Å². The summed E-state index contributed by atoms with van der Waals surface area (Å²) in [6.45, 7) is 2.71. The second-order valence-electron chi connectivity index (χ2n) is 10.4. The molecule has 0 unspecified atom stereocenters. The summed E-state index contributed by atoms with van der Waals surface area (Å²) in [5.74, 6) is 1.57. The lowest BCUT2D eigenvalue weighted by molar-refractivity contribution is 0.299. The smallest absolute Gasteiger partial charge is 0.169 e. The molecule has 0 radical (unpaired) electrons. The molecule has 1 aliphatic carbocycles. The van der Waals surface area contributed by atoms with E-state index in [9.17, 15) is 0 Å². The summed E-state index contributed by atoms with van der Waals surface area (Å²) < 4.78 is 0. The predicted molar refractivity (Wildman–Crippen MR) is 171 cm³/mol. The number of thioether (sulfide) groups is 1. The molecule has 1 saturated heterocycles. The maximum atomic E-state index is 5.88. The number of imidazole rings is 2. The average Bonchev–Trinajstić information content (AvgIpc) is 3.71. The Bertz CT molecular complexity index is 1140. The zero-order valence-electron chi connectivity index (χ0n) is 23.0. The van der Waals surface area contributed by atoms with E-state index in [1.54, 1.807) is 24.4 Å². The molecule has 2 aliphatic rings. The highest BCUT2D eigenvalue weighted by atomic mass is 35.5. The molecule has 0 atom stereocenters. The van der Waals surface area contributed by atoms with E-state index in [2.05, 4.69) is 35.1 Å². The van der Waals surface area contributed by atoms with Gasteiger partial charge in [0.25, 0.3) is 0 Å². The molecule has 3 aromatic rings. The first-order chi connectivity index (χ1) is 19.6. The largest absolute Gasteiger partial charge is 0.379 e. The Morgan fingerprint density at radius 2 is 1.77 bits per heavy atom. The van der Waals surface area contributed by atoms with E-state index >= 15 is 0 Å². The van der Waals surface area contributed by atoms with Crippen molar-refractivity contribution in [3.63, 3.8) is 0 Å². The maximum absolute atomic E-state index is 5.88. The van der Waals surface area contributed by atoms with Crippen molar-refractivity contribution in [2.45, 2.75) is 76.3 Å². The van der Waals surface area contributed by atoms with Crippen LogP contribution in [0.4, 0.5) is 0 Å². The number of hydrogen-bond acceptors (Lipinski definition) is 5.